The van der Waals surface area contributed by atoms with Gasteiger partial charge in [-0.1, -0.05) is 199 Å². The third-order valence-corrected chi connectivity index (χ3v) is 15.1. The Kier molecular flexibility index (Phi) is 28.6. The van der Waals surface area contributed by atoms with Crippen LogP contribution in [0, 0.1) is 85.8 Å². The summed E-state index contributed by atoms with van der Waals surface area (Å²) >= 11 is 0. The minimum absolute atomic E-state index is 0.0291. The Bertz CT molecular complexity index is 1040. The normalized spacial score (nSPS) is 20.4. The lowest BCUT2D eigenvalue weighted by Crippen LogP contribution is -2.39. The van der Waals surface area contributed by atoms with E-state index in [9.17, 15) is 15.3 Å². The minimum atomic E-state index is -0.248. The van der Waals surface area contributed by atoms with Gasteiger partial charge in [0.25, 0.3) is 0 Å². The van der Waals surface area contributed by atoms with Crippen LogP contribution in [-0.4, -0.2) is 45.3 Å². The first-order valence-corrected chi connectivity index (χ1v) is 24.4. The molecule has 0 aromatic carbocycles. The van der Waals surface area contributed by atoms with Crippen LogP contribution in [0.15, 0.2) is 11.6 Å². The van der Waals surface area contributed by atoms with Crippen LogP contribution in [0.2, 0.25) is 0 Å². The number of aliphatic hydroxyl groups is 3. The molecule has 0 rings (SSSR count). The lowest BCUT2D eigenvalue weighted by molar-refractivity contribution is -0.0780. The molecule has 0 aromatic rings. The van der Waals surface area contributed by atoms with Crippen molar-refractivity contribution < 1.29 is 20.1 Å². The molecule has 0 heterocycles. The van der Waals surface area contributed by atoms with E-state index in [0.29, 0.717) is 52.9 Å². The van der Waals surface area contributed by atoms with E-state index in [1.807, 2.05) is 13.8 Å². The van der Waals surface area contributed by atoms with Gasteiger partial charge in [-0.3, -0.25) is 0 Å². The molecule has 4 nitrogen and oxygen atoms in total. The third-order valence-electron chi connectivity index (χ3n) is 15.1. The first-order valence-electron chi connectivity index (χ1n) is 24.4. The van der Waals surface area contributed by atoms with E-state index in [1.165, 1.54) is 12.0 Å². The van der Waals surface area contributed by atoms with Crippen molar-refractivity contribution in [3.8, 4) is 0 Å². The van der Waals surface area contributed by atoms with Gasteiger partial charge in [0.1, 0.15) is 0 Å². The molecule has 0 amide bonds. The topological polar surface area (TPSA) is 69.9 Å². The molecule has 0 spiro atoms. The van der Waals surface area contributed by atoms with Crippen molar-refractivity contribution in [1.29, 1.82) is 0 Å². The summed E-state index contributed by atoms with van der Waals surface area (Å²) < 4.78 is 6.01. The quantitative estimate of drug-likeness (QED) is 0.171. The minimum Gasteiger partial charge on any atom is -0.393 e. The average Bonchev–Trinajstić information content (AvgIpc) is 3.02. The second-order valence-electron chi connectivity index (χ2n) is 27.4. The highest BCUT2D eigenvalue weighted by Gasteiger charge is 2.37. The molecule has 0 aliphatic heterocycles. The summed E-state index contributed by atoms with van der Waals surface area (Å²) in [6, 6.07) is 0. The summed E-state index contributed by atoms with van der Waals surface area (Å²) in [5.74, 6) is 3.98. The van der Waals surface area contributed by atoms with Gasteiger partial charge in [0.2, 0.25) is 0 Å². The van der Waals surface area contributed by atoms with Crippen molar-refractivity contribution in [2.24, 2.45) is 85.8 Å². The lowest BCUT2D eigenvalue weighted by Gasteiger charge is -2.40. The maximum Gasteiger partial charge on any atom is 0.0602 e. The SMILES string of the molecule is C/C(=C\C(C)C(C)O)C(C)(C)C.CC(C(O)C(C)C(C)(C)C)C(C)C(C)(C)C.CC(CC(C)C(C)(C)C)C(C)OC(C)(C)C.C[C@H]([C@H](O)[C@@H](C)C(C)(C)C)[C@@H](C)C(C)(C)C. The van der Waals surface area contributed by atoms with Crippen LogP contribution in [0.25, 0.3) is 0 Å². The zero-order chi connectivity index (χ0) is 49.7. The molecule has 0 bridgehead atoms. The smallest absolute Gasteiger partial charge is 0.0602 e. The van der Waals surface area contributed by atoms with Crippen molar-refractivity contribution in [1.82, 2.24) is 0 Å². The number of rotatable bonds is 12. The third kappa shape index (κ3) is 28.4. The highest BCUT2D eigenvalue weighted by atomic mass is 16.5. The molecule has 13 atom stereocenters. The monoisotopic (exact) mass is 855 g/mol. The van der Waals surface area contributed by atoms with Gasteiger partial charge in [0.15, 0.2) is 0 Å². The number of hydrogen-bond acceptors (Lipinski definition) is 4. The first-order chi connectivity index (χ1) is 26.0. The largest absolute Gasteiger partial charge is 0.393 e. The second kappa shape index (κ2) is 25.9. The van der Waals surface area contributed by atoms with Crippen LogP contribution in [0.1, 0.15) is 235 Å². The molecule has 0 radical (unpaired) electrons. The van der Waals surface area contributed by atoms with Gasteiger partial charge in [-0.15, -0.1) is 0 Å². The average molecular weight is 856 g/mol. The van der Waals surface area contributed by atoms with Crippen molar-refractivity contribution >= 4 is 0 Å². The van der Waals surface area contributed by atoms with E-state index in [1.54, 1.807) is 0 Å². The van der Waals surface area contributed by atoms with E-state index in [-0.39, 0.29) is 56.9 Å². The fraction of sp³-hybridized carbons (Fsp3) is 0.964. The van der Waals surface area contributed by atoms with Gasteiger partial charge >= 0.3 is 0 Å². The van der Waals surface area contributed by atoms with Crippen molar-refractivity contribution in [2.75, 3.05) is 0 Å². The zero-order valence-corrected chi connectivity index (χ0v) is 47.5. The Morgan fingerprint density at radius 1 is 0.450 bits per heavy atom. The summed E-state index contributed by atoms with van der Waals surface area (Å²) in [7, 11) is 0. The summed E-state index contributed by atoms with van der Waals surface area (Å²) in [4.78, 5) is 0. The fourth-order valence-electron chi connectivity index (χ4n) is 6.66. The molecule has 0 fully saturated rings. The predicted octanol–water partition coefficient (Wildman–Crippen LogP) is 16.6. The van der Waals surface area contributed by atoms with Gasteiger partial charge in [-0.05, 0) is 134 Å². The molecule has 0 aliphatic rings. The van der Waals surface area contributed by atoms with Gasteiger partial charge in [0, 0.05) is 0 Å². The second-order valence-corrected chi connectivity index (χ2v) is 27.4. The molecule has 0 saturated heterocycles. The molecule has 9 unspecified atom stereocenters. The van der Waals surface area contributed by atoms with Crippen molar-refractivity contribution in [2.45, 2.75) is 265 Å². The Morgan fingerprint density at radius 2 is 0.733 bits per heavy atom. The first kappa shape index (κ1) is 66.2. The maximum atomic E-state index is 10.5. The molecule has 0 aromatic heterocycles. The van der Waals surface area contributed by atoms with E-state index >= 15 is 0 Å². The Hall–Kier alpha value is -0.420. The summed E-state index contributed by atoms with van der Waals surface area (Å²) in [5, 5.41) is 30.2. The lowest BCUT2D eigenvalue weighted by atomic mass is 9.67. The van der Waals surface area contributed by atoms with Crippen LogP contribution < -0.4 is 0 Å². The Morgan fingerprint density at radius 3 is 0.933 bits per heavy atom. The standard InChI is InChI=1S/3C15H32O.C11H22O/c1-11(10-12(2)14(4,5)6)13(3)16-15(7,8)9;2*1-10(11(2)14(4,5)6)13(16)12(3)15(7,8)9;1-8(10(3)12)7-9(2)11(4,5)6/h11-13H,10H2,1-9H3;2*10-13,16H,1-9H3;7-8,10,12H,1-6H3/b;;;9-7+/t;10-,11+,12+,13-;;/m.0../s1. The Labute approximate surface area is 381 Å². The van der Waals surface area contributed by atoms with E-state index in [2.05, 4.69) is 221 Å². The predicted molar refractivity (Wildman–Crippen MR) is 272 cm³/mol. The summed E-state index contributed by atoms with van der Waals surface area (Å²) in [6.45, 7) is 72.7. The van der Waals surface area contributed by atoms with Gasteiger partial charge in [0.05, 0.1) is 30.0 Å². The molecule has 0 saturated carbocycles. The van der Waals surface area contributed by atoms with Crippen LogP contribution in [0.5, 0.6) is 0 Å². The van der Waals surface area contributed by atoms with Gasteiger partial charge in [-0.25, -0.2) is 0 Å². The molecule has 4 heteroatoms. The molecule has 3 N–H and O–H groups in total. The Balaban J connectivity index is -0.000000351. The molecule has 60 heavy (non-hydrogen) atoms. The molecule has 0 aliphatic carbocycles. The number of aliphatic hydroxyl groups excluding tert-OH is 3. The van der Waals surface area contributed by atoms with Gasteiger partial charge < -0.3 is 20.1 Å². The van der Waals surface area contributed by atoms with Crippen LogP contribution in [-0.2, 0) is 4.74 Å². The number of allylic oxidation sites excluding steroid dienone is 1. The molecular formula is C56H118O4. The van der Waals surface area contributed by atoms with E-state index < -0.39 is 0 Å². The van der Waals surface area contributed by atoms with E-state index in [4.69, 9.17) is 4.74 Å². The maximum absolute atomic E-state index is 10.5. The van der Waals surface area contributed by atoms with Crippen molar-refractivity contribution in [3.63, 3.8) is 0 Å². The summed E-state index contributed by atoms with van der Waals surface area (Å²) in [5.41, 5.74) is 2.81. The van der Waals surface area contributed by atoms with Crippen molar-refractivity contribution in [3.05, 3.63) is 11.6 Å². The molecular weight excluding hydrogens is 737 g/mol. The van der Waals surface area contributed by atoms with Crippen LogP contribution >= 0.6 is 0 Å². The van der Waals surface area contributed by atoms with Crippen LogP contribution in [0.4, 0.5) is 0 Å². The highest BCUT2D eigenvalue weighted by molar-refractivity contribution is 5.09. The van der Waals surface area contributed by atoms with E-state index in [0.717, 1.165) is 5.92 Å². The number of ether oxygens (including phenoxy) is 1. The molecule has 366 valence electrons. The number of hydrogen-bond donors (Lipinski definition) is 3. The van der Waals surface area contributed by atoms with Gasteiger partial charge in [-0.2, -0.15) is 0 Å². The highest BCUT2D eigenvalue weighted by Crippen LogP contribution is 2.40. The fourth-order valence-corrected chi connectivity index (χ4v) is 6.66. The summed E-state index contributed by atoms with van der Waals surface area (Å²) in [6.07, 6.45) is 3.06. The van der Waals surface area contributed by atoms with Crippen LogP contribution in [0.3, 0.4) is 0 Å². The zero-order valence-electron chi connectivity index (χ0n) is 47.5.